The molecule has 1 fully saturated rings. The van der Waals surface area contributed by atoms with Crippen molar-refractivity contribution in [1.29, 1.82) is 0 Å². The first kappa shape index (κ1) is 16.3. The average molecular weight is 323 g/mol. The lowest BCUT2D eigenvalue weighted by atomic mass is 9.98. The van der Waals surface area contributed by atoms with E-state index in [0.717, 1.165) is 32.5 Å². The highest BCUT2D eigenvalue weighted by molar-refractivity contribution is 5.92. The van der Waals surface area contributed by atoms with Gasteiger partial charge < -0.3 is 0 Å². The highest BCUT2D eigenvalue weighted by Crippen LogP contribution is 2.17. The number of hydrogen-bond acceptors (Lipinski definition) is 5. The molecule has 2 aromatic heterocycles. The molecule has 0 spiro atoms. The predicted octanol–water partition coefficient (Wildman–Crippen LogP) is 2.10. The van der Waals surface area contributed by atoms with Crippen LogP contribution in [0.1, 0.15) is 28.9 Å². The number of rotatable bonds is 5. The third-order valence-corrected chi connectivity index (χ3v) is 4.11. The lowest BCUT2D eigenvalue weighted by Crippen LogP contribution is -2.34. The first-order valence-corrected chi connectivity index (χ1v) is 8.17. The van der Waals surface area contributed by atoms with Crippen LogP contribution in [0.15, 0.2) is 54.0 Å². The van der Waals surface area contributed by atoms with Crippen LogP contribution in [0, 0.1) is 5.92 Å². The molecular weight excluding hydrogens is 302 g/mol. The maximum absolute atomic E-state index is 11.8. The molecule has 1 aliphatic rings. The molecule has 0 aliphatic carbocycles. The molecule has 3 heterocycles. The van der Waals surface area contributed by atoms with Crippen molar-refractivity contribution in [2.45, 2.75) is 19.4 Å². The number of nitrogens with zero attached hydrogens (tertiary/aromatic N) is 4. The Morgan fingerprint density at radius 2 is 2.12 bits per heavy atom. The summed E-state index contributed by atoms with van der Waals surface area (Å²) in [4.78, 5) is 22.4. The molecule has 0 radical (unpaired) electrons. The fraction of sp³-hybridized carbons (Fsp3) is 0.333. The van der Waals surface area contributed by atoms with Gasteiger partial charge in [0.25, 0.3) is 5.91 Å². The molecule has 124 valence electrons. The quantitative estimate of drug-likeness (QED) is 0.676. The van der Waals surface area contributed by atoms with Crippen LogP contribution in [0.5, 0.6) is 0 Å². The zero-order valence-electron chi connectivity index (χ0n) is 13.5. The summed E-state index contributed by atoms with van der Waals surface area (Å²) in [6.07, 6.45) is 9.25. The van der Waals surface area contributed by atoms with Crippen LogP contribution in [0.3, 0.4) is 0 Å². The van der Waals surface area contributed by atoms with Crippen LogP contribution in [-0.2, 0) is 6.54 Å². The van der Waals surface area contributed by atoms with Crippen LogP contribution in [0.2, 0.25) is 0 Å². The van der Waals surface area contributed by atoms with Crippen LogP contribution in [0.25, 0.3) is 0 Å². The van der Waals surface area contributed by atoms with Crippen molar-refractivity contribution in [2.75, 3.05) is 13.1 Å². The number of hydrazone groups is 1. The predicted molar refractivity (Wildman–Crippen MR) is 92.4 cm³/mol. The fourth-order valence-corrected chi connectivity index (χ4v) is 2.77. The number of amides is 1. The van der Waals surface area contributed by atoms with Crippen LogP contribution < -0.4 is 5.43 Å². The molecule has 0 bridgehead atoms. The zero-order valence-corrected chi connectivity index (χ0v) is 13.5. The molecule has 24 heavy (non-hydrogen) atoms. The van der Waals surface area contributed by atoms with Gasteiger partial charge in [0, 0.05) is 31.3 Å². The number of nitrogens with one attached hydrogen (secondary N) is 1. The highest BCUT2D eigenvalue weighted by Gasteiger charge is 2.18. The van der Waals surface area contributed by atoms with Crippen molar-refractivity contribution < 1.29 is 4.79 Å². The van der Waals surface area contributed by atoms with Crippen molar-refractivity contribution in [3.8, 4) is 0 Å². The number of piperidine rings is 1. The molecule has 1 saturated heterocycles. The standard InChI is InChI=1S/C18H21N5O/c24-18(17-5-1-2-9-20-17)22-21-13-15-6-10-23(11-7-15)14-16-4-3-8-19-12-16/h1-5,8-9,12-13,15H,6-7,10-11,14H2,(H,22,24). The summed E-state index contributed by atoms with van der Waals surface area (Å²) in [5, 5.41) is 4.09. The van der Waals surface area contributed by atoms with E-state index in [1.54, 1.807) is 30.6 Å². The molecule has 2 aromatic rings. The van der Waals surface area contributed by atoms with Gasteiger partial charge in [0.2, 0.25) is 0 Å². The Bertz CT molecular complexity index is 666. The fourth-order valence-electron chi connectivity index (χ4n) is 2.77. The van der Waals surface area contributed by atoms with Crippen LogP contribution in [0.4, 0.5) is 0 Å². The molecule has 3 rings (SSSR count). The summed E-state index contributed by atoms with van der Waals surface area (Å²) in [5.41, 5.74) is 4.16. The monoisotopic (exact) mass is 323 g/mol. The van der Waals surface area contributed by atoms with Gasteiger partial charge in [-0.2, -0.15) is 5.10 Å². The maximum atomic E-state index is 11.8. The topological polar surface area (TPSA) is 70.5 Å². The molecule has 0 aromatic carbocycles. The zero-order chi connectivity index (χ0) is 16.6. The van der Waals surface area contributed by atoms with Crippen molar-refractivity contribution in [3.05, 3.63) is 60.2 Å². The second kappa shape index (κ2) is 8.31. The second-order valence-corrected chi connectivity index (χ2v) is 5.91. The lowest BCUT2D eigenvalue weighted by molar-refractivity contribution is 0.0949. The summed E-state index contributed by atoms with van der Waals surface area (Å²) in [7, 11) is 0. The smallest absolute Gasteiger partial charge is 0.289 e. The van der Waals surface area contributed by atoms with Gasteiger partial charge in [-0.15, -0.1) is 0 Å². The minimum Gasteiger partial charge on any atom is -0.299 e. The van der Waals surface area contributed by atoms with Gasteiger partial charge in [-0.05, 0) is 55.6 Å². The highest BCUT2D eigenvalue weighted by atomic mass is 16.2. The third-order valence-electron chi connectivity index (χ3n) is 4.11. The van der Waals surface area contributed by atoms with Crippen molar-refractivity contribution in [3.63, 3.8) is 0 Å². The average Bonchev–Trinajstić information content (AvgIpc) is 2.65. The van der Waals surface area contributed by atoms with E-state index in [1.165, 1.54) is 5.56 Å². The van der Waals surface area contributed by atoms with E-state index in [9.17, 15) is 4.79 Å². The third kappa shape index (κ3) is 4.70. The van der Waals surface area contributed by atoms with E-state index in [0.29, 0.717) is 11.6 Å². The molecule has 1 N–H and O–H groups in total. The van der Waals surface area contributed by atoms with Gasteiger partial charge in [-0.25, -0.2) is 5.43 Å². The van der Waals surface area contributed by atoms with Crippen LogP contribution in [-0.4, -0.2) is 40.1 Å². The van der Waals surface area contributed by atoms with Gasteiger partial charge in [0.15, 0.2) is 0 Å². The number of carbonyl (C=O) groups excluding carboxylic acids is 1. The van der Waals surface area contributed by atoms with Crippen molar-refractivity contribution in [2.24, 2.45) is 11.0 Å². The number of likely N-dealkylation sites (tertiary alicyclic amines) is 1. The van der Waals surface area contributed by atoms with E-state index >= 15 is 0 Å². The lowest BCUT2D eigenvalue weighted by Gasteiger charge is -2.30. The Kier molecular flexibility index (Phi) is 5.63. The van der Waals surface area contributed by atoms with E-state index in [2.05, 4.69) is 31.5 Å². The van der Waals surface area contributed by atoms with Gasteiger partial charge >= 0.3 is 0 Å². The van der Waals surface area contributed by atoms with Crippen molar-refractivity contribution in [1.82, 2.24) is 20.3 Å². The van der Waals surface area contributed by atoms with E-state index < -0.39 is 0 Å². The van der Waals surface area contributed by atoms with Gasteiger partial charge in [-0.3, -0.25) is 19.7 Å². The Hall–Kier alpha value is -2.60. The van der Waals surface area contributed by atoms with Crippen LogP contribution >= 0.6 is 0 Å². The van der Waals surface area contributed by atoms with E-state index in [1.807, 2.05) is 18.5 Å². The molecule has 1 amide bonds. The largest absolute Gasteiger partial charge is 0.299 e. The normalized spacial score (nSPS) is 16.3. The molecular formula is C18H21N5O. The molecule has 0 unspecified atom stereocenters. The summed E-state index contributed by atoms with van der Waals surface area (Å²) >= 11 is 0. The molecule has 0 saturated carbocycles. The molecule has 0 atom stereocenters. The first-order chi connectivity index (χ1) is 11.8. The number of carbonyl (C=O) groups is 1. The Morgan fingerprint density at radius 1 is 1.25 bits per heavy atom. The van der Waals surface area contributed by atoms with Gasteiger partial charge in [0.1, 0.15) is 5.69 Å². The Morgan fingerprint density at radius 3 is 2.83 bits per heavy atom. The van der Waals surface area contributed by atoms with Gasteiger partial charge in [-0.1, -0.05) is 12.1 Å². The Balaban J connectivity index is 1.41. The minimum absolute atomic E-state index is 0.277. The minimum atomic E-state index is -0.277. The molecule has 6 heteroatoms. The maximum Gasteiger partial charge on any atom is 0.289 e. The van der Waals surface area contributed by atoms with E-state index in [-0.39, 0.29) is 5.91 Å². The summed E-state index contributed by atoms with van der Waals surface area (Å²) in [6, 6.07) is 9.30. The number of aromatic nitrogens is 2. The first-order valence-electron chi connectivity index (χ1n) is 8.17. The molecule has 6 nitrogen and oxygen atoms in total. The summed E-state index contributed by atoms with van der Waals surface area (Å²) in [6.45, 7) is 2.99. The molecule has 1 aliphatic heterocycles. The summed E-state index contributed by atoms with van der Waals surface area (Å²) < 4.78 is 0. The van der Waals surface area contributed by atoms with Crippen molar-refractivity contribution >= 4 is 12.1 Å². The number of pyridine rings is 2. The SMILES string of the molecule is O=C(NN=CC1CCN(Cc2cccnc2)CC1)c1ccccn1. The second-order valence-electron chi connectivity index (χ2n) is 5.91. The van der Waals surface area contributed by atoms with E-state index in [4.69, 9.17) is 0 Å². The summed E-state index contributed by atoms with van der Waals surface area (Å²) in [5.74, 6) is 0.125. The number of hydrogen-bond donors (Lipinski definition) is 1. The van der Waals surface area contributed by atoms with Gasteiger partial charge in [0.05, 0.1) is 0 Å². The Labute approximate surface area is 141 Å².